The average molecular weight is 373 g/mol. The molecule has 0 bridgehead atoms. The third kappa shape index (κ3) is 4.53. The van der Waals surface area contributed by atoms with Crippen molar-refractivity contribution < 1.29 is 9.13 Å². The summed E-state index contributed by atoms with van der Waals surface area (Å²) in [6.07, 6.45) is 1.66. The van der Waals surface area contributed by atoms with Gasteiger partial charge in [-0.25, -0.2) is 4.39 Å². The van der Waals surface area contributed by atoms with Gasteiger partial charge in [-0.1, -0.05) is 26.0 Å². The molecule has 0 saturated carbocycles. The minimum absolute atomic E-state index is 0.0495. The number of aromatic nitrogens is 3. The summed E-state index contributed by atoms with van der Waals surface area (Å²) in [6.45, 7) is 4.81. The van der Waals surface area contributed by atoms with E-state index in [2.05, 4.69) is 33.7 Å². The molecule has 0 aliphatic carbocycles. The topological polar surface area (TPSA) is 54.4 Å². The van der Waals surface area contributed by atoms with E-state index in [1.165, 1.54) is 12.1 Å². The number of hydrogen-bond acceptors (Lipinski definition) is 6. The van der Waals surface area contributed by atoms with Crippen LogP contribution in [0.15, 0.2) is 24.3 Å². The summed E-state index contributed by atoms with van der Waals surface area (Å²) < 4.78 is 19.1. The molecule has 3 rings (SSSR count). The molecule has 2 aromatic rings. The first-order valence-electron chi connectivity index (χ1n) is 9.38. The Bertz CT molecular complexity index is 739. The summed E-state index contributed by atoms with van der Waals surface area (Å²) in [6, 6.07) is 6.80. The van der Waals surface area contributed by atoms with Gasteiger partial charge in [-0.3, -0.25) is 0 Å². The molecule has 2 atom stereocenters. The van der Waals surface area contributed by atoms with Gasteiger partial charge >= 0.3 is 0 Å². The minimum atomic E-state index is -0.231. The molecule has 1 saturated heterocycles. The van der Waals surface area contributed by atoms with Gasteiger partial charge in [-0.2, -0.15) is 15.0 Å². The Hall–Kier alpha value is -2.28. The van der Waals surface area contributed by atoms with Crippen molar-refractivity contribution in [3.63, 3.8) is 0 Å². The average Bonchev–Trinajstić information content (AvgIpc) is 2.67. The maximum Gasteiger partial charge on any atom is 0.230 e. The van der Waals surface area contributed by atoms with Crippen LogP contribution in [0.1, 0.15) is 50.1 Å². The van der Waals surface area contributed by atoms with E-state index in [1.54, 1.807) is 12.1 Å². The number of nitrogens with zero attached hydrogens (tertiary/aromatic N) is 5. The van der Waals surface area contributed by atoms with Crippen molar-refractivity contribution in [2.75, 3.05) is 37.5 Å². The quantitative estimate of drug-likeness (QED) is 0.799. The first-order chi connectivity index (χ1) is 12.8. The zero-order valence-corrected chi connectivity index (χ0v) is 16.7. The summed E-state index contributed by atoms with van der Waals surface area (Å²) in [5.74, 6) is 2.13. The number of benzene rings is 1. The van der Waals surface area contributed by atoms with Crippen molar-refractivity contribution >= 4 is 11.9 Å². The maximum absolute atomic E-state index is 13.2. The van der Waals surface area contributed by atoms with Gasteiger partial charge in [0, 0.05) is 39.7 Å². The fourth-order valence-corrected chi connectivity index (χ4v) is 3.19. The van der Waals surface area contributed by atoms with E-state index in [0.29, 0.717) is 18.5 Å². The van der Waals surface area contributed by atoms with Crippen LogP contribution in [0.4, 0.5) is 16.3 Å². The molecule has 6 nitrogen and oxygen atoms in total. The number of halogens is 1. The van der Waals surface area contributed by atoms with Crippen molar-refractivity contribution in [3.8, 4) is 0 Å². The Labute approximate surface area is 160 Å². The summed E-state index contributed by atoms with van der Waals surface area (Å²) in [7, 11) is 5.89. The van der Waals surface area contributed by atoms with Crippen LogP contribution in [0.25, 0.3) is 0 Å². The Balaban J connectivity index is 1.82. The largest absolute Gasteiger partial charge is 0.373 e. The van der Waals surface area contributed by atoms with Crippen LogP contribution in [-0.2, 0) is 4.74 Å². The van der Waals surface area contributed by atoms with Crippen molar-refractivity contribution in [2.45, 2.75) is 44.8 Å². The lowest BCUT2D eigenvalue weighted by Gasteiger charge is -2.36. The lowest BCUT2D eigenvalue weighted by Crippen LogP contribution is -2.39. The first kappa shape index (κ1) is 19.5. The van der Waals surface area contributed by atoms with Gasteiger partial charge in [0.25, 0.3) is 0 Å². The number of anilines is 2. The zero-order chi connectivity index (χ0) is 19.6. The van der Waals surface area contributed by atoms with Gasteiger partial charge in [0.05, 0.1) is 6.10 Å². The van der Waals surface area contributed by atoms with Gasteiger partial charge < -0.3 is 14.5 Å². The van der Waals surface area contributed by atoms with E-state index in [1.807, 2.05) is 26.0 Å². The molecule has 0 radical (unpaired) electrons. The molecule has 0 amide bonds. The molecule has 1 aliphatic rings. The highest BCUT2D eigenvalue weighted by molar-refractivity contribution is 5.39. The summed E-state index contributed by atoms with van der Waals surface area (Å²) >= 11 is 0. The molecule has 1 aromatic carbocycles. The van der Waals surface area contributed by atoms with Crippen LogP contribution in [0.3, 0.4) is 0 Å². The van der Waals surface area contributed by atoms with E-state index in [4.69, 9.17) is 4.74 Å². The lowest BCUT2D eigenvalue weighted by molar-refractivity contribution is 0.00569. The second-order valence-electron chi connectivity index (χ2n) is 7.54. The Morgan fingerprint density at radius 2 is 1.70 bits per heavy atom. The van der Waals surface area contributed by atoms with Gasteiger partial charge in [0.1, 0.15) is 11.6 Å². The predicted molar refractivity (Wildman–Crippen MR) is 105 cm³/mol. The highest BCUT2D eigenvalue weighted by Gasteiger charge is 2.28. The third-order valence-corrected chi connectivity index (χ3v) is 4.91. The molecule has 2 unspecified atom stereocenters. The molecule has 2 heterocycles. The molecular formula is C20H28FN5O. The molecule has 7 heteroatoms. The fourth-order valence-electron chi connectivity index (χ4n) is 3.19. The summed E-state index contributed by atoms with van der Waals surface area (Å²) in [5.41, 5.74) is 1.00. The molecule has 27 heavy (non-hydrogen) atoms. The SMILES string of the molecule is CC(C)c1nc(N(C)C)nc(N(C)C2CCOC(c3ccc(F)cc3)C2)n1. The van der Waals surface area contributed by atoms with E-state index < -0.39 is 0 Å². The molecule has 1 fully saturated rings. The maximum atomic E-state index is 13.2. The molecule has 0 N–H and O–H groups in total. The van der Waals surface area contributed by atoms with E-state index in [-0.39, 0.29) is 23.9 Å². The normalized spacial score (nSPS) is 20.0. The van der Waals surface area contributed by atoms with Crippen LogP contribution in [-0.4, -0.2) is 48.7 Å². The molecule has 1 aliphatic heterocycles. The van der Waals surface area contributed by atoms with Crippen LogP contribution in [0, 0.1) is 5.82 Å². The standard InChI is InChI=1S/C20H28FN5O/c1-13(2)18-22-19(25(3)4)24-20(23-18)26(5)16-10-11-27-17(12-16)14-6-8-15(21)9-7-14/h6-9,13,16-17H,10-12H2,1-5H3. The predicted octanol–water partition coefficient (Wildman–Crippen LogP) is 3.56. The molecular weight excluding hydrogens is 345 g/mol. The van der Waals surface area contributed by atoms with Crippen LogP contribution < -0.4 is 9.80 Å². The summed E-state index contributed by atoms with van der Waals surface area (Å²) in [5, 5.41) is 0. The smallest absolute Gasteiger partial charge is 0.230 e. The molecule has 146 valence electrons. The second kappa shape index (κ2) is 8.17. The van der Waals surface area contributed by atoms with Crippen LogP contribution >= 0.6 is 0 Å². The highest BCUT2D eigenvalue weighted by atomic mass is 19.1. The van der Waals surface area contributed by atoms with Crippen LogP contribution in [0.5, 0.6) is 0 Å². The first-order valence-corrected chi connectivity index (χ1v) is 9.38. The summed E-state index contributed by atoms with van der Waals surface area (Å²) in [4.78, 5) is 17.9. The van der Waals surface area contributed by atoms with Crippen molar-refractivity contribution in [2.24, 2.45) is 0 Å². The Kier molecular flexibility index (Phi) is 5.89. The van der Waals surface area contributed by atoms with Gasteiger partial charge in [-0.15, -0.1) is 0 Å². The van der Waals surface area contributed by atoms with E-state index >= 15 is 0 Å². The fraction of sp³-hybridized carbons (Fsp3) is 0.550. The van der Waals surface area contributed by atoms with E-state index in [9.17, 15) is 4.39 Å². The number of ether oxygens (including phenoxy) is 1. The molecule has 0 spiro atoms. The Morgan fingerprint density at radius 3 is 2.33 bits per heavy atom. The lowest BCUT2D eigenvalue weighted by atomic mass is 9.97. The monoisotopic (exact) mass is 373 g/mol. The van der Waals surface area contributed by atoms with Crippen molar-refractivity contribution in [1.82, 2.24) is 15.0 Å². The van der Waals surface area contributed by atoms with Crippen LogP contribution in [0.2, 0.25) is 0 Å². The third-order valence-electron chi connectivity index (χ3n) is 4.91. The van der Waals surface area contributed by atoms with E-state index in [0.717, 1.165) is 24.2 Å². The van der Waals surface area contributed by atoms with Crippen molar-refractivity contribution in [3.05, 3.63) is 41.5 Å². The Morgan fingerprint density at radius 1 is 1.04 bits per heavy atom. The second-order valence-corrected chi connectivity index (χ2v) is 7.54. The van der Waals surface area contributed by atoms with Crippen molar-refractivity contribution in [1.29, 1.82) is 0 Å². The van der Waals surface area contributed by atoms with Gasteiger partial charge in [-0.05, 0) is 30.5 Å². The minimum Gasteiger partial charge on any atom is -0.373 e. The molecule has 1 aromatic heterocycles. The number of hydrogen-bond donors (Lipinski definition) is 0. The zero-order valence-electron chi connectivity index (χ0n) is 16.7. The van der Waals surface area contributed by atoms with Gasteiger partial charge in [0.15, 0.2) is 0 Å². The number of rotatable bonds is 5. The van der Waals surface area contributed by atoms with Gasteiger partial charge in [0.2, 0.25) is 11.9 Å². The highest BCUT2D eigenvalue weighted by Crippen LogP contribution is 2.32.